The van der Waals surface area contributed by atoms with E-state index < -0.39 is 0 Å². The number of fused-ring (bicyclic) bond motifs is 3. The first-order valence-corrected chi connectivity index (χ1v) is 8.34. The van der Waals surface area contributed by atoms with Gasteiger partial charge in [0.05, 0.1) is 6.54 Å². The van der Waals surface area contributed by atoms with Crippen LogP contribution in [0.15, 0.2) is 24.3 Å². The Morgan fingerprint density at radius 3 is 3.00 bits per heavy atom. The number of rotatable bonds is 4. The Kier molecular flexibility index (Phi) is 4.10. The summed E-state index contributed by atoms with van der Waals surface area (Å²) < 4.78 is 0. The Labute approximate surface area is 127 Å². The number of nitrogens with zero attached hydrogens (tertiary/aromatic N) is 1. The van der Waals surface area contributed by atoms with Crippen molar-refractivity contribution < 1.29 is 4.79 Å². The molecule has 0 unspecified atom stereocenters. The van der Waals surface area contributed by atoms with Crippen molar-refractivity contribution in [1.29, 1.82) is 0 Å². The Hall–Kier alpha value is -1.29. The highest BCUT2D eigenvalue weighted by atomic mass is 79.9. The van der Waals surface area contributed by atoms with Gasteiger partial charge in [-0.2, -0.15) is 0 Å². The van der Waals surface area contributed by atoms with E-state index >= 15 is 0 Å². The second-order valence-corrected chi connectivity index (χ2v) is 6.13. The molecule has 3 nitrogen and oxygen atoms in total. The molecule has 1 aromatic carbocycles. The summed E-state index contributed by atoms with van der Waals surface area (Å²) in [4.78, 5) is 17.7. The van der Waals surface area contributed by atoms with Crippen molar-refractivity contribution in [2.24, 2.45) is 0 Å². The lowest BCUT2D eigenvalue weighted by Crippen LogP contribution is -2.35. The van der Waals surface area contributed by atoms with Gasteiger partial charge in [-0.1, -0.05) is 34.1 Å². The molecule has 1 aliphatic rings. The molecule has 1 aliphatic heterocycles. The summed E-state index contributed by atoms with van der Waals surface area (Å²) in [7, 11) is 0. The van der Waals surface area contributed by atoms with Crippen molar-refractivity contribution in [2.45, 2.75) is 32.2 Å². The SMILES string of the molecule is O=C(CCCCBr)N1CCc2c([nH]c3ccccc23)C1. The minimum absolute atomic E-state index is 0.287. The number of aromatic nitrogens is 1. The lowest BCUT2D eigenvalue weighted by Gasteiger charge is -2.27. The first-order valence-electron chi connectivity index (χ1n) is 7.22. The third-order valence-corrected chi connectivity index (χ3v) is 4.57. The third kappa shape index (κ3) is 2.62. The van der Waals surface area contributed by atoms with Gasteiger partial charge in [-0.3, -0.25) is 4.79 Å². The molecule has 2 aromatic rings. The first-order chi connectivity index (χ1) is 9.79. The average molecular weight is 335 g/mol. The summed E-state index contributed by atoms with van der Waals surface area (Å²) in [5, 5.41) is 2.29. The number of amides is 1. The molecule has 0 spiro atoms. The van der Waals surface area contributed by atoms with Crippen LogP contribution in [0.1, 0.15) is 30.5 Å². The molecule has 3 rings (SSSR count). The van der Waals surface area contributed by atoms with E-state index in [0.29, 0.717) is 6.42 Å². The summed E-state index contributed by atoms with van der Waals surface area (Å²) in [5.74, 6) is 0.287. The van der Waals surface area contributed by atoms with Crippen molar-refractivity contribution in [2.75, 3.05) is 11.9 Å². The van der Waals surface area contributed by atoms with Crippen LogP contribution in [0.3, 0.4) is 0 Å². The highest BCUT2D eigenvalue weighted by Gasteiger charge is 2.23. The average Bonchev–Trinajstić information content (AvgIpc) is 2.85. The fourth-order valence-corrected chi connectivity index (χ4v) is 3.33. The predicted octanol–water partition coefficient (Wildman–Crippen LogP) is 3.62. The van der Waals surface area contributed by atoms with Gasteiger partial charge in [0.2, 0.25) is 5.91 Å². The van der Waals surface area contributed by atoms with E-state index in [9.17, 15) is 4.79 Å². The Morgan fingerprint density at radius 1 is 1.30 bits per heavy atom. The molecule has 0 atom stereocenters. The van der Waals surface area contributed by atoms with Gasteiger partial charge in [0, 0.05) is 34.9 Å². The predicted molar refractivity (Wildman–Crippen MR) is 85.1 cm³/mol. The smallest absolute Gasteiger partial charge is 0.222 e. The van der Waals surface area contributed by atoms with Crippen LogP contribution in [0.2, 0.25) is 0 Å². The molecule has 1 N–H and O–H groups in total. The van der Waals surface area contributed by atoms with Crippen LogP contribution < -0.4 is 0 Å². The molecule has 0 saturated carbocycles. The van der Waals surface area contributed by atoms with Crippen molar-refractivity contribution >= 4 is 32.7 Å². The van der Waals surface area contributed by atoms with Gasteiger partial charge in [-0.05, 0) is 30.9 Å². The number of H-pyrrole nitrogens is 1. The molecule has 0 radical (unpaired) electrons. The van der Waals surface area contributed by atoms with Crippen LogP contribution in [0.5, 0.6) is 0 Å². The summed E-state index contributed by atoms with van der Waals surface area (Å²) >= 11 is 3.41. The highest BCUT2D eigenvalue weighted by Crippen LogP contribution is 2.27. The van der Waals surface area contributed by atoms with Gasteiger partial charge in [0.1, 0.15) is 0 Å². The van der Waals surface area contributed by atoms with Crippen LogP contribution in [-0.2, 0) is 17.8 Å². The van der Waals surface area contributed by atoms with Gasteiger partial charge in [-0.25, -0.2) is 0 Å². The molecule has 0 fully saturated rings. The van der Waals surface area contributed by atoms with Crippen LogP contribution in [0, 0.1) is 0 Å². The normalized spacial score (nSPS) is 14.6. The Bertz CT molecular complexity index is 620. The quantitative estimate of drug-likeness (QED) is 0.672. The standard InChI is InChI=1S/C16H19BrN2O/c17-9-4-3-7-16(20)19-10-8-13-12-5-1-2-6-14(12)18-15(13)11-19/h1-2,5-6,18H,3-4,7-11H2. The molecule has 4 heteroatoms. The molecule has 1 amide bonds. The molecule has 0 saturated heterocycles. The number of alkyl halides is 1. The van der Waals surface area contributed by atoms with E-state index in [1.54, 1.807) is 0 Å². The number of carbonyl (C=O) groups is 1. The van der Waals surface area contributed by atoms with E-state index in [2.05, 4.69) is 39.1 Å². The maximum atomic E-state index is 12.2. The number of hydrogen-bond acceptors (Lipinski definition) is 1. The second-order valence-electron chi connectivity index (χ2n) is 5.34. The lowest BCUT2D eigenvalue weighted by atomic mass is 10.0. The number of para-hydroxylation sites is 1. The molecule has 2 heterocycles. The van der Waals surface area contributed by atoms with Crippen molar-refractivity contribution in [3.05, 3.63) is 35.5 Å². The number of halogens is 1. The summed E-state index contributed by atoms with van der Waals surface area (Å²) in [6, 6.07) is 8.40. The number of carbonyl (C=O) groups excluding carboxylic acids is 1. The molecule has 0 bridgehead atoms. The zero-order valence-electron chi connectivity index (χ0n) is 11.5. The van der Waals surface area contributed by atoms with Crippen molar-refractivity contribution in [1.82, 2.24) is 9.88 Å². The molecule has 20 heavy (non-hydrogen) atoms. The number of hydrogen-bond donors (Lipinski definition) is 1. The van der Waals surface area contributed by atoms with Gasteiger partial charge < -0.3 is 9.88 Å². The Morgan fingerprint density at radius 2 is 2.15 bits per heavy atom. The topological polar surface area (TPSA) is 36.1 Å². The first kappa shape index (κ1) is 13.7. The summed E-state index contributed by atoms with van der Waals surface area (Å²) in [6.07, 6.45) is 3.67. The number of aromatic amines is 1. The van der Waals surface area contributed by atoms with Gasteiger partial charge in [0.15, 0.2) is 0 Å². The minimum atomic E-state index is 0.287. The minimum Gasteiger partial charge on any atom is -0.357 e. The monoisotopic (exact) mass is 334 g/mol. The number of benzene rings is 1. The fraction of sp³-hybridized carbons (Fsp3) is 0.438. The van der Waals surface area contributed by atoms with Crippen LogP contribution in [0.25, 0.3) is 10.9 Å². The third-order valence-electron chi connectivity index (χ3n) is 4.01. The largest absolute Gasteiger partial charge is 0.357 e. The number of nitrogens with one attached hydrogen (secondary N) is 1. The van der Waals surface area contributed by atoms with Crippen LogP contribution in [-0.4, -0.2) is 27.7 Å². The Balaban J connectivity index is 1.73. The zero-order valence-corrected chi connectivity index (χ0v) is 13.1. The van der Waals surface area contributed by atoms with E-state index in [1.165, 1.54) is 22.2 Å². The molecule has 0 aliphatic carbocycles. The lowest BCUT2D eigenvalue weighted by molar-refractivity contribution is -0.132. The maximum Gasteiger partial charge on any atom is 0.222 e. The molecular weight excluding hydrogens is 316 g/mol. The molecule has 1 aromatic heterocycles. The second kappa shape index (κ2) is 6.00. The van der Waals surface area contributed by atoms with E-state index in [0.717, 1.165) is 37.7 Å². The van der Waals surface area contributed by atoms with E-state index in [1.807, 2.05) is 11.0 Å². The van der Waals surface area contributed by atoms with E-state index in [-0.39, 0.29) is 5.91 Å². The zero-order chi connectivity index (χ0) is 13.9. The van der Waals surface area contributed by atoms with Crippen LogP contribution >= 0.6 is 15.9 Å². The number of unbranched alkanes of at least 4 members (excludes halogenated alkanes) is 1. The van der Waals surface area contributed by atoms with Crippen LogP contribution in [0.4, 0.5) is 0 Å². The molecule has 106 valence electrons. The van der Waals surface area contributed by atoms with Gasteiger partial charge in [-0.15, -0.1) is 0 Å². The molecular formula is C16H19BrN2O. The van der Waals surface area contributed by atoms with Gasteiger partial charge >= 0.3 is 0 Å². The van der Waals surface area contributed by atoms with Crippen molar-refractivity contribution in [3.63, 3.8) is 0 Å². The van der Waals surface area contributed by atoms with Gasteiger partial charge in [0.25, 0.3) is 0 Å². The maximum absolute atomic E-state index is 12.2. The summed E-state index contributed by atoms with van der Waals surface area (Å²) in [5.41, 5.74) is 3.79. The summed E-state index contributed by atoms with van der Waals surface area (Å²) in [6.45, 7) is 1.58. The van der Waals surface area contributed by atoms with E-state index in [4.69, 9.17) is 0 Å². The fourth-order valence-electron chi connectivity index (χ4n) is 2.93. The van der Waals surface area contributed by atoms with Crippen molar-refractivity contribution in [3.8, 4) is 0 Å². The highest BCUT2D eigenvalue weighted by molar-refractivity contribution is 9.09.